The number of ether oxygens (including phenoxy) is 1. The number of fused-ring (bicyclic) bond motifs is 4. The van der Waals surface area contributed by atoms with E-state index in [1.807, 2.05) is 54.7 Å². The van der Waals surface area contributed by atoms with Gasteiger partial charge in [0.05, 0.1) is 28.1 Å². The van der Waals surface area contributed by atoms with Crippen LogP contribution in [0.15, 0.2) is 162 Å². The van der Waals surface area contributed by atoms with Crippen LogP contribution in [0, 0.1) is 6.33 Å². The third kappa shape index (κ3) is 5.63. The molecule has 5 nitrogen and oxygen atoms in total. The maximum atomic E-state index is 6.40. The van der Waals surface area contributed by atoms with Gasteiger partial charge in [-0.2, -0.15) is 0 Å². The summed E-state index contributed by atoms with van der Waals surface area (Å²) >= 11 is 0. The number of furan rings is 1. The summed E-state index contributed by atoms with van der Waals surface area (Å²) in [6.07, 6.45) is 5.60. The Balaban J connectivity index is 1.09. The second kappa shape index (κ2) is 12.1. The van der Waals surface area contributed by atoms with Crippen LogP contribution in [0.2, 0.25) is 0 Å². The number of hydrogen-bond donors (Lipinski definition) is 0. The Bertz CT molecular complexity index is 2730. The first kappa shape index (κ1) is 30.6. The van der Waals surface area contributed by atoms with Gasteiger partial charge in [-0.3, -0.25) is 14.1 Å². The third-order valence-electron chi connectivity index (χ3n) is 9.47. The van der Waals surface area contributed by atoms with Crippen molar-refractivity contribution in [3.63, 3.8) is 0 Å². The number of imidazole rings is 1. The highest BCUT2D eigenvalue weighted by molar-refractivity contribution is 6.05. The van der Waals surface area contributed by atoms with Crippen molar-refractivity contribution in [2.45, 2.75) is 26.2 Å². The number of hydrogen-bond acceptors (Lipinski definition) is 3. The largest absolute Gasteiger partial charge is 0.458 e. The van der Waals surface area contributed by atoms with Crippen LogP contribution in [0.4, 0.5) is 0 Å². The maximum Gasteiger partial charge on any atom is 0.269 e. The van der Waals surface area contributed by atoms with Crippen LogP contribution >= 0.6 is 0 Å². The molecule has 0 saturated heterocycles. The van der Waals surface area contributed by atoms with Crippen LogP contribution in [0.1, 0.15) is 26.3 Å². The quantitative estimate of drug-likeness (QED) is 0.132. The molecule has 5 heteroatoms. The number of pyridine rings is 1. The first-order valence-electron chi connectivity index (χ1n) is 17.2. The normalized spacial score (nSPS) is 11.8. The van der Waals surface area contributed by atoms with Crippen molar-refractivity contribution >= 4 is 33.0 Å². The highest BCUT2D eigenvalue weighted by Gasteiger charge is 2.18. The zero-order valence-electron chi connectivity index (χ0n) is 28.7. The summed E-state index contributed by atoms with van der Waals surface area (Å²) in [7, 11) is 0. The minimum absolute atomic E-state index is 0.0397. The van der Waals surface area contributed by atoms with Gasteiger partial charge in [-0.25, -0.2) is 0 Å². The maximum absolute atomic E-state index is 6.40. The van der Waals surface area contributed by atoms with Crippen LogP contribution in [0.25, 0.3) is 66.7 Å². The first-order chi connectivity index (χ1) is 24.9. The van der Waals surface area contributed by atoms with Crippen LogP contribution < -0.4 is 9.30 Å². The summed E-state index contributed by atoms with van der Waals surface area (Å²) in [5.41, 5.74) is 11.3. The molecule has 51 heavy (non-hydrogen) atoms. The van der Waals surface area contributed by atoms with Gasteiger partial charge in [0.25, 0.3) is 6.33 Å². The Morgan fingerprint density at radius 1 is 0.647 bits per heavy atom. The Hall–Kier alpha value is -6.46. The molecule has 0 unspecified atom stereocenters. The SMILES string of the molecule is CC(C)(C)c1ccnc(-c2cccc(-c3ccccc3-[n+]3[c-]n(-c4cccc(Oc5ccc6c(c5)oc5ccccc56)c4)c4ccccc43)c2)c1. The zero-order chi connectivity index (χ0) is 34.5. The van der Waals surface area contributed by atoms with Gasteiger partial charge in [-0.1, -0.05) is 106 Å². The van der Waals surface area contributed by atoms with Crippen LogP contribution in [0.3, 0.4) is 0 Å². The van der Waals surface area contributed by atoms with Crippen LogP contribution in [-0.4, -0.2) is 9.55 Å². The lowest BCUT2D eigenvalue weighted by atomic mass is 9.87. The molecule has 0 spiro atoms. The summed E-state index contributed by atoms with van der Waals surface area (Å²) < 4.78 is 16.8. The number of nitrogens with zero attached hydrogens (tertiary/aromatic N) is 3. The van der Waals surface area contributed by atoms with Gasteiger partial charge < -0.3 is 9.15 Å². The van der Waals surface area contributed by atoms with Crippen molar-refractivity contribution in [2.24, 2.45) is 0 Å². The Kier molecular flexibility index (Phi) is 7.29. The smallest absolute Gasteiger partial charge is 0.269 e. The van der Waals surface area contributed by atoms with E-state index in [2.05, 4.69) is 139 Å². The molecule has 0 bridgehead atoms. The van der Waals surface area contributed by atoms with Crippen LogP contribution in [0.5, 0.6) is 11.5 Å². The molecule has 0 radical (unpaired) electrons. The standard InChI is InChI=1S/C46H35N3O2/c1-46(2,3)33-24-25-47-40(27-33)32-13-10-12-31(26-32)37-16-4-6-18-41(37)49-30-48(42-19-7-8-20-43(42)49)34-14-11-15-35(28-34)50-36-22-23-39-38-17-5-9-21-44(38)51-45(39)29-36/h4-29H,1-3H3. The number of rotatable bonds is 6. The summed E-state index contributed by atoms with van der Waals surface area (Å²) in [6.45, 7) is 6.69. The van der Waals surface area contributed by atoms with E-state index in [4.69, 9.17) is 14.1 Å². The van der Waals surface area contributed by atoms with Gasteiger partial charge in [0.1, 0.15) is 22.7 Å². The average Bonchev–Trinajstić information content (AvgIpc) is 3.73. The van der Waals surface area contributed by atoms with E-state index in [9.17, 15) is 0 Å². The Morgan fingerprint density at radius 3 is 2.33 bits per heavy atom. The number of aromatic nitrogens is 3. The summed E-state index contributed by atoms with van der Waals surface area (Å²) in [4.78, 5) is 4.74. The van der Waals surface area contributed by atoms with E-state index in [0.717, 1.165) is 72.5 Å². The number of benzene rings is 6. The Labute approximate surface area is 296 Å². The predicted molar refractivity (Wildman–Crippen MR) is 205 cm³/mol. The molecule has 0 fully saturated rings. The zero-order valence-corrected chi connectivity index (χ0v) is 28.7. The van der Waals surface area contributed by atoms with E-state index in [1.54, 1.807) is 0 Å². The second-order valence-corrected chi connectivity index (χ2v) is 13.9. The lowest BCUT2D eigenvalue weighted by Gasteiger charge is -2.19. The van der Waals surface area contributed by atoms with Gasteiger partial charge in [-0.05, 0) is 82.8 Å². The third-order valence-corrected chi connectivity index (χ3v) is 9.47. The molecule has 0 aliphatic heterocycles. The van der Waals surface area contributed by atoms with E-state index in [0.29, 0.717) is 5.75 Å². The molecule has 9 aromatic rings. The summed E-state index contributed by atoms with van der Waals surface area (Å²) in [5.74, 6) is 1.44. The van der Waals surface area contributed by atoms with Gasteiger partial charge in [0.2, 0.25) is 0 Å². The molecule has 0 aliphatic carbocycles. The van der Waals surface area contributed by atoms with Gasteiger partial charge in [0, 0.05) is 28.6 Å². The predicted octanol–water partition coefficient (Wildman–Crippen LogP) is 11.4. The molecule has 0 atom stereocenters. The van der Waals surface area contributed by atoms with Gasteiger partial charge >= 0.3 is 0 Å². The van der Waals surface area contributed by atoms with Crippen molar-refractivity contribution in [3.8, 4) is 45.3 Å². The lowest BCUT2D eigenvalue weighted by molar-refractivity contribution is -0.571. The molecule has 9 rings (SSSR count). The number of para-hydroxylation sites is 4. The van der Waals surface area contributed by atoms with Crippen molar-refractivity contribution < 1.29 is 13.7 Å². The molecule has 0 N–H and O–H groups in total. The molecule has 3 heterocycles. The van der Waals surface area contributed by atoms with Gasteiger partial charge in [-0.15, -0.1) is 0 Å². The van der Waals surface area contributed by atoms with Crippen LogP contribution in [-0.2, 0) is 5.41 Å². The Morgan fingerprint density at radius 2 is 1.41 bits per heavy atom. The van der Waals surface area contributed by atoms with Crippen molar-refractivity contribution in [1.82, 2.24) is 9.55 Å². The lowest BCUT2D eigenvalue weighted by Crippen LogP contribution is -2.30. The fourth-order valence-electron chi connectivity index (χ4n) is 6.84. The van der Waals surface area contributed by atoms with Gasteiger partial charge in [0.15, 0.2) is 0 Å². The topological polar surface area (TPSA) is 44.1 Å². The highest BCUT2D eigenvalue weighted by atomic mass is 16.5. The molecule has 0 aliphatic rings. The van der Waals surface area contributed by atoms with Crippen molar-refractivity contribution in [3.05, 3.63) is 170 Å². The fourth-order valence-corrected chi connectivity index (χ4v) is 6.84. The fraction of sp³-hybridized carbons (Fsp3) is 0.0870. The molecule has 3 aromatic heterocycles. The van der Waals surface area contributed by atoms with E-state index in [1.165, 1.54) is 5.56 Å². The molecular formula is C46H35N3O2. The highest BCUT2D eigenvalue weighted by Crippen LogP contribution is 2.34. The summed E-state index contributed by atoms with van der Waals surface area (Å²) in [5, 5.41) is 2.17. The first-order valence-corrected chi connectivity index (χ1v) is 17.2. The second-order valence-electron chi connectivity index (χ2n) is 13.9. The molecule has 246 valence electrons. The van der Waals surface area contributed by atoms with Crippen molar-refractivity contribution in [1.29, 1.82) is 0 Å². The van der Waals surface area contributed by atoms with E-state index >= 15 is 0 Å². The molecular weight excluding hydrogens is 627 g/mol. The van der Waals surface area contributed by atoms with Crippen molar-refractivity contribution in [2.75, 3.05) is 0 Å². The minimum Gasteiger partial charge on any atom is -0.458 e. The molecule has 0 saturated carbocycles. The minimum atomic E-state index is 0.0397. The molecule has 0 amide bonds. The van der Waals surface area contributed by atoms with E-state index in [-0.39, 0.29) is 5.41 Å². The molecule has 6 aromatic carbocycles. The monoisotopic (exact) mass is 661 g/mol. The average molecular weight is 662 g/mol. The summed E-state index contributed by atoms with van der Waals surface area (Å²) in [6, 6.07) is 52.1. The van der Waals surface area contributed by atoms with E-state index < -0.39 is 0 Å².